The van der Waals surface area contributed by atoms with Crippen LogP contribution in [0.25, 0.3) is 11.1 Å². The van der Waals surface area contributed by atoms with E-state index < -0.39 is 27.3 Å². The Morgan fingerprint density at radius 1 is 1.00 bits per heavy atom. The van der Waals surface area contributed by atoms with Gasteiger partial charge in [-0.3, -0.25) is 4.21 Å². The lowest BCUT2D eigenvalue weighted by molar-refractivity contribution is -0.137. The third kappa shape index (κ3) is 7.98. The predicted molar refractivity (Wildman–Crippen MR) is 161 cm³/mol. The van der Waals surface area contributed by atoms with Crippen LogP contribution >= 0.6 is 0 Å². The molecule has 13 heteroatoms. The SMILES string of the molecule is C=S(C)(=O)c1ccc(Nc2ncc(-c3ccc(NC(=O)Nc4cccc(C(F)(F)F)c4)cc3)c(N[C@H](C)CO)n2)cc1. The van der Waals surface area contributed by atoms with Gasteiger partial charge in [0.15, 0.2) is 0 Å². The third-order valence-electron chi connectivity index (χ3n) is 5.96. The van der Waals surface area contributed by atoms with E-state index in [-0.39, 0.29) is 24.3 Å². The Bertz CT molecular complexity index is 1660. The fourth-order valence-corrected chi connectivity index (χ4v) is 4.51. The first-order valence-electron chi connectivity index (χ1n) is 12.6. The molecule has 220 valence electrons. The molecule has 1 heterocycles. The van der Waals surface area contributed by atoms with Crippen molar-refractivity contribution in [2.24, 2.45) is 0 Å². The number of nitrogens with zero attached hydrogens (tertiary/aromatic N) is 2. The third-order valence-corrected chi connectivity index (χ3v) is 7.23. The van der Waals surface area contributed by atoms with E-state index in [1.54, 1.807) is 67.9 Å². The van der Waals surface area contributed by atoms with E-state index in [1.165, 1.54) is 12.1 Å². The molecule has 4 aromatic rings. The quantitative estimate of drug-likeness (QED) is 0.149. The van der Waals surface area contributed by atoms with Gasteiger partial charge in [0.05, 0.1) is 12.2 Å². The number of aliphatic hydroxyl groups excluding tert-OH is 1. The van der Waals surface area contributed by atoms with Crippen LogP contribution in [0, 0.1) is 0 Å². The largest absolute Gasteiger partial charge is 0.416 e. The lowest BCUT2D eigenvalue weighted by atomic mass is 10.1. The maximum atomic E-state index is 12.9. The summed E-state index contributed by atoms with van der Waals surface area (Å²) in [6.07, 6.45) is -1.35. The van der Waals surface area contributed by atoms with E-state index in [2.05, 4.69) is 37.1 Å². The fourth-order valence-electron chi connectivity index (χ4n) is 3.80. The molecule has 1 aromatic heterocycles. The highest BCUT2D eigenvalue weighted by Crippen LogP contribution is 2.31. The van der Waals surface area contributed by atoms with Gasteiger partial charge in [0.2, 0.25) is 5.95 Å². The number of carbonyl (C=O) groups is 1. The number of nitrogens with one attached hydrogen (secondary N) is 4. The second-order valence-corrected chi connectivity index (χ2v) is 12.1. The van der Waals surface area contributed by atoms with Gasteiger partial charge in [0.25, 0.3) is 0 Å². The average Bonchev–Trinajstić information content (AvgIpc) is 2.93. The standard InChI is InChI=1S/C29H29F3N6O3S/c1-18(17-39)34-26-25(16-33-27(38-26)35-21-11-13-24(14-12-21)42(2,3)41)19-7-9-22(10-8-19)36-28(40)37-23-6-4-5-20(15-23)29(30,31)32/h4-16,18,39H,2,17H2,1,3H3,(H2,36,37,40)(H2,33,34,35,38)/t18-,42?/m1/s1. The van der Waals surface area contributed by atoms with Gasteiger partial charge in [-0.25, -0.2) is 9.78 Å². The molecule has 1 unspecified atom stereocenters. The molecule has 2 atom stereocenters. The molecule has 0 radical (unpaired) electrons. The number of amides is 2. The van der Waals surface area contributed by atoms with Gasteiger partial charge in [-0.2, -0.15) is 18.2 Å². The van der Waals surface area contributed by atoms with Crippen LogP contribution in [0.2, 0.25) is 0 Å². The molecule has 0 aliphatic rings. The minimum Gasteiger partial charge on any atom is -0.394 e. The highest BCUT2D eigenvalue weighted by atomic mass is 32.2. The molecule has 0 aliphatic carbocycles. The van der Waals surface area contributed by atoms with Crippen LogP contribution in [-0.4, -0.2) is 50.1 Å². The minimum absolute atomic E-state index is 0.00168. The highest BCUT2D eigenvalue weighted by Gasteiger charge is 2.30. The topological polar surface area (TPSA) is 128 Å². The van der Waals surface area contributed by atoms with E-state index in [0.29, 0.717) is 33.2 Å². The molecule has 0 saturated carbocycles. The lowest BCUT2D eigenvalue weighted by Gasteiger charge is -2.17. The van der Waals surface area contributed by atoms with Gasteiger partial charge in [0, 0.05) is 46.0 Å². The molecule has 0 saturated heterocycles. The Kier molecular flexibility index (Phi) is 9.02. The van der Waals surface area contributed by atoms with Crippen molar-refractivity contribution >= 4 is 50.3 Å². The smallest absolute Gasteiger partial charge is 0.394 e. The summed E-state index contributed by atoms with van der Waals surface area (Å²) in [5.74, 6) is 4.42. The van der Waals surface area contributed by atoms with E-state index in [4.69, 9.17) is 0 Å². The lowest BCUT2D eigenvalue weighted by Crippen LogP contribution is -2.21. The van der Waals surface area contributed by atoms with E-state index in [9.17, 15) is 27.3 Å². The molecule has 0 aliphatic heterocycles. The van der Waals surface area contributed by atoms with Crippen LogP contribution in [-0.2, 0) is 15.7 Å². The molecule has 0 bridgehead atoms. The van der Waals surface area contributed by atoms with Gasteiger partial charge >= 0.3 is 12.2 Å². The molecule has 0 fully saturated rings. The second kappa shape index (κ2) is 12.5. The summed E-state index contributed by atoms with van der Waals surface area (Å²) >= 11 is 0. The summed E-state index contributed by atoms with van der Waals surface area (Å²) in [5.41, 5.74) is 1.54. The van der Waals surface area contributed by atoms with Gasteiger partial charge in [-0.15, -0.1) is 0 Å². The number of rotatable bonds is 9. The first kappa shape index (κ1) is 30.3. The number of urea groups is 1. The second-order valence-electron chi connectivity index (χ2n) is 9.57. The predicted octanol–water partition coefficient (Wildman–Crippen LogP) is 6.05. The number of benzene rings is 3. The number of anilines is 5. The first-order chi connectivity index (χ1) is 19.8. The number of hydrogen-bond donors (Lipinski definition) is 5. The summed E-state index contributed by atoms with van der Waals surface area (Å²) < 4.78 is 51.0. The van der Waals surface area contributed by atoms with Gasteiger partial charge < -0.3 is 26.4 Å². The number of halogens is 3. The number of alkyl halides is 3. The Morgan fingerprint density at radius 3 is 2.26 bits per heavy atom. The monoisotopic (exact) mass is 598 g/mol. The molecule has 5 N–H and O–H groups in total. The summed E-state index contributed by atoms with van der Waals surface area (Å²) in [4.78, 5) is 22.0. The van der Waals surface area contributed by atoms with Crippen LogP contribution in [0.4, 0.5) is 46.8 Å². The zero-order valence-electron chi connectivity index (χ0n) is 22.7. The van der Waals surface area contributed by atoms with E-state index >= 15 is 0 Å². The van der Waals surface area contributed by atoms with Crippen molar-refractivity contribution in [2.75, 3.05) is 34.1 Å². The zero-order chi connectivity index (χ0) is 30.5. The summed E-state index contributed by atoms with van der Waals surface area (Å²) in [5, 5.41) is 20.8. The van der Waals surface area contributed by atoms with Crippen molar-refractivity contribution in [1.29, 1.82) is 0 Å². The van der Waals surface area contributed by atoms with Gasteiger partial charge in [-0.05, 0) is 82.5 Å². The number of carbonyl (C=O) groups excluding carboxylic acids is 1. The highest BCUT2D eigenvalue weighted by molar-refractivity contribution is 7.99. The number of hydrogen-bond acceptors (Lipinski definition) is 7. The first-order valence-corrected chi connectivity index (χ1v) is 14.7. The fraction of sp³-hybridized carbons (Fsp3) is 0.172. The maximum absolute atomic E-state index is 12.9. The van der Waals surface area contributed by atoms with Crippen LogP contribution in [0.1, 0.15) is 12.5 Å². The Balaban J connectivity index is 1.50. The summed E-state index contributed by atoms with van der Waals surface area (Å²) in [6, 6.07) is 17.0. The molecular formula is C29H29F3N6O3S. The summed E-state index contributed by atoms with van der Waals surface area (Å²) in [7, 11) is -2.34. The minimum atomic E-state index is -4.52. The van der Waals surface area contributed by atoms with Crippen LogP contribution < -0.4 is 21.3 Å². The van der Waals surface area contributed by atoms with Crippen molar-refractivity contribution in [3.8, 4) is 11.1 Å². The van der Waals surface area contributed by atoms with Crippen molar-refractivity contribution in [2.45, 2.75) is 24.0 Å². The number of aliphatic hydroxyl groups is 1. The number of aromatic nitrogens is 2. The van der Waals surface area contributed by atoms with Gasteiger partial charge in [-0.1, -0.05) is 18.2 Å². The van der Waals surface area contributed by atoms with Crippen LogP contribution in [0.15, 0.2) is 83.9 Å². The Morgan fingerprint density at radius 2 is 1.64 bits per heavy atom. The Labute approximate surface area is 241 Å². The van der Waals surface area contributed by atoms with Gasteiger partial charge in [0.1, 0.15) is 5.82 Å². The van der Waals surface area contributed by atoms with Crippen molar-refractivity contribution in [3.05, 3.63) is 84.6 Å². The maximum Gasteiger partial charge on any atom is 0.416 e. The molecule has 42 heavy (non-hydrogen) atoms. The normalized spacial score (nSPS) is 13.5. The molecule has 4 rings (SSSR count). The zero-order valence-corrected chi connectivity index (χ0v) is 23.5. The molecule has 3 aromatic carbocycles. The Hall–Kier alpha value is -4.62. The van der Waals surface area contributed by atoms with Crippen molar-refractivity contribution in [3.63, 3.8) is 0 Å². The molecule has 0 spiro atoms. The van der Waals surface area contributed by atoms with Crippen LogP contribution in [0.3, 0.4) is 0 Å². The van der Waals surface area contributed by atoms with E-state index in [0.717, 1.165) is 12.1 Å². The van der Waals surface area contributed by atoms with Crippen molar-refractivity contribution < 1.29 is 27.3 Å². The average molecular weight is 599 g/mol. The van der Waals surface area contributed by atoms with Crippen LogP contribution in [0.5, 0.6) is 0 Å². The van der Waals surface area contributed by atoms with Crippen molar-refractivity contribution in [1.82, 2.24) is 9.97 Å². The molecule has 9 nitrogen and oxygen atoms in total. The molecule has 2 amide bonds. The van der Waals surface area contributed by atoms with E-state index in [1.807, 2.05) is 0 Å². The summed E-state index contributed by atoms with van der Waals surface area (Å²) in [6.45, 7) is 1.65. The molecular weight excluding hydrogens is 569 g/mol.